The molecule has 0 aliphatic heterocycles. The molecule has 136 valence electrons. The second kappa shape index (κ2) is 7.65. The zero-order valence-corrected chi connectivity index (χ0v) is 16.5. The third-order valence-electron chi connectivity index (χ3n) is 4.23. The van der Waals surface area contributed by atoms with Gasteiger partial charge in [-0.3, -0.25) is 0 Å². The molecule has 0 amide bonds. The van der Waals surface area contributed by atoms with Crippen molar-refractivity contribution >= 4 is 33.4 Å². The van der Waals surface area contributed by atoms with Gasteiger partial charge in [-0.1, -0.05) is 29.8 Å². The predicted octanol–water partition coefficient (Wildman–Crippen LogP) is 3.64. The summed E-state index contributed by atoms with van der Waals surface area (Å²) in [5.41, 5.74) is 0. The van der Waals surface area contributed by atoms with E-state index in [1.165, 1.54) is 31.4 Å². The highest BCUT2D eigenvalue weighted by atomic mass is 35.5. The van der Waals surface area contributed by atoms with E-state index in [0.717, 1.165) is 5.16 Å². The van der Waals surface area contributed by atoms with Crippen LogP contribution in [0.4, 0.5) is 0 Å². The summed E-state index contributed by atoms with van der Waals surface area (Å²) < 4.78 is 29.8. The Bertz CT molecular complexity index is 832. The Hall–Kier alpha value is -1.09. The molecule has 0 spiro atoms. The van der Waals surface area contributed by atoms with Gasteiger partial charge in [0, 0.05) is 16.8 Å². The minimum absolute atomic E-state index is 0.176. The number of nitrogens with one attached hydrogen (secondary N) is 1. The quantitative estimate of drug-likeness (QED) is 0.767. The molecular formula is C16H21ClN4O2S2. The number of hydrogen-bond acceptors (Lipinski definition) is 5. The van der Waals surface area contributed by atoms with Crippen molar-refractivity contribution in [3.63, 3.8) is 0 Å². The molecule has 1 N–H and O–H groups in total. The number of benzene rings is 1. The maximum Gasteiger partial charge on any atom is 0.241 e. The molecule has 25 heavy (non-hydrogen) atoms. The summed E-state index contributed by atoms with van der Waals surface area (Å²) >= 11 is 7.56. The topological polar surface area (TPSA) is 76.9 Å². The van der Waals surface area contributed by atoms with Gasteiger partial charge in [0.1, 0.15) is 0 Å². The van der Waals surface area contributed by atoms with E-state index in [1.807, 2.05) is 11.5 Å². The predicted molar refractivity (Wildman–Crippen MR) is 99.4 cm³/mol. The Labute approximate surface area is 157 Å². The fourth-order valence-electron chi connectivity index (χ4n) is 2.61. The molecule has 0 radical (unpaired) electrons. The largest absolute Gasteiger partial charge is 0.305 e. The van der Waals surface area contributed by atoms with E-state index in [2.05, 4.69) is 14.9 Å². The molecule has 9 heteroatoms. The van der Waals surface area contributed by atoms with Crippen molar-refractivity contribution in [1.29, 1.82) is 0 Å². The zero-order chi connectivity index (χ0) is 18.0. The van der Waals surface area contributed by atoms with Gasteiger partial charge < -0.3 is 4.57 Å². The lowest BCUT2D eigenvalue weighted by Gasteiger charge is -2.24. The Morgan fingerprint density at radius 1 is 1.32 bits per heavy atom. The number of thioether (sulfide) groups is 1. The van der Waals surface area contributed by atoms with Crippen molar-refractivity contribution < 1.29 is 8.42 Å². The van der Waals surface area contributed by atoms with E-state index < -0.39 is 16.1 Å². The Morgan fingerprint density at radius 3 is 2.56 bits per heavy atom. The summed E-state index contributed by atoms with van der Waals surface area (Å²) in [5, 5.41) is 10.5. The minimum atomic E-state index is -3.65. The number of halogens is 1. The monoisotopic (exact) mass is 400 g/mol. The highest BCUT2D eigenvalue weighted by Crippen LogP contribution is 2.36. The second-order valence-electron chi connectivity index (χ2n) is 6.05. The van der Waals surface area contributed by atoms with Crippen LogP contribution in [-0.4, -0.2) is 28.4 Å². The molecule has 1 fully saturated rings. The van der Waals surface area contributed by atoms with Crippen molar-refractivity contribution in [2.45, 2.75) is 61.0 Å². The van der Waals surface area contributed by atoms with Crippen LogP contribution in [-0.2, 0) is 16.6 Å². The van der Waals surface area contributed by atoms with Gasteiger partial charge in [0.05, 0.1) is 10.9 Å². The first kappa shape index (κ1) is 18.7. The first-order valence-corrected chi connectivity index (χ1v) is 11.0. The maximum absolute atomic E-state index is 12.6. The molecule has 1 aromatic heterocycles. The summed E-state index contributed by atoms with van der Waals surface area (Å²) in [7, 11) is -3.65. The van der Waals surface area contributed by atoms with Gasteiger partial charge in [-0.15, -0.1) is 10.2 Å². The van der Waals surface area contributed by atoms with E-state index in [4.69, 9.17) is 11.6 Å². The molecule has 1 aromatic carbocycles. The van der Waals surface area contributed by atoms with Gasteiger partial charge in [-0.2, -0.15) is 0 Å². The summed E-state index contributed by atoms with van der Waals surface area (Å²) in [4.78, 5) is 0.176. The standard InChI is InChI=1S/C16H21ClN4O2S2/c1-3-21-15(18-19-16(21)24-13-5-4-6-13)11(2)20-25(22,23)14-9-7-12(17)8-10-14/h7-11,13,20H,3-6H2,1-2H3/t11-/m1/s1. The van der Waals surface area contributed by atoms with Crippen LogP contribution in [0, 0.1) is 0 Å². The first-order valence-electron chi connectivity index (χ1n) is 8.28. The summed E-state index contributed by atoms with van der Waals surface area (Å²) in [6, 6.07) is 5.61. The number of sulfonamides is 1. The van der Waals surface area contributed by atoms with Crippen molar-refractivity contribution in [2.24, 2.45) is 0 Å². The summed E-state index contributed by atoms with van der Waals surface area (Å²) in [6.45, 7) is 4.49. The Balaban J connectivity index is 1.78. The van der Waals surface area contributed by atoms with Crippen molar-refractivity contribution in [1.82, 2.24) is 19.5 Å². The molecule has 1 heterocycles. The number of rotatable bonds is 7. The van der Waals surface area contributed by atoms with Gasteiger partial charge in [0.15, 0.2) is 11.0 Å². The van der Waals surface area contributed by atoms with E-state index in [9.17, 15) is 8.42 Å². The van der Waals surface area contributed by atoms with Gasteiger partial charge in [-0.05, 0) is 51.0 Å². The average molecular weight is 401 g/mol. The zero-order valence-electron chi connectivity index (χ0n) is 14.1. The highest BCUT2D eigenvalue weighted by molar-refractivity contribution is 7.99. The van der Waals surface area contributed by atoms with E-state index in [-0.39, 0.29) is 4.90 Å². The lowest BCUT2D eigenvalue weighted by Crippen LogP contribution is -2.29. The fraction of sp³-hybridized carbons (Fsp3) is 0.500. The number of aromatic nitrogens is 3. The Kier molecular flexibility index (Phi) is 5.72. The van der Waals surface area contributed by atoms with Crippen LogP contribution < -0.4 is 4.72 Å². The SMILES string of the molecule is CCn1c(SC2CCC2)nnc1[C@@H](C)NS(=O)(=O)c1ccc(Cl)cc1. The van der Waals surface area contributed by atoms with Crippen LogP contribution >= 0.6 is 23.4 Å². The molecule has 0 saturated heterocycles. The molecule has 1 saturated carbocycles. The molecule has 2 aromatic rings. The molecule has 1 aliphatic rings. The normalized spacial score (nSPS) is 16.6. The van der Waals surface area contributed by atoms with Gasteiger partial charge >= 0.3 is 0 Å². The van der Waals surface area contributed by atoms with E-state index >= 15 is 0 Å². The lowest BCUT2D eigenvalue weighted by atomic mass is 10.0. The van der Waals surface area contributed by atoms with Gasteiger partial charge in [0.2, 0.25) is 10.0 Å². The van der Waals surface area contributed by atoms with Crippen LogP contribution in [0.1, 0.15) is 45.0 Å². The molecule has 0 unspecified atom stereocenters. The molecule has 6 nitrogen and oxygen atoms in total. The second-order valence-corrected chi connectivity index (χ2v) is 9.47. The molecule has 1 aliphatic carbocycles. The van der Waals surface area contributed by atoms with E-state index in [1.54, 1.807) is 30.8 Å². The van der Waals surface area contributed by atoms with Crippen LogP contribution in [0.5, 0.6) is 0 Å². The van der Waals surface area contributed by atoms with Crippen molar-refractivity contribution in [2.75, 3.05) is 0 Å². The van der Waals surface area contributed by atoms with Gasteiger partial charge in [-0.25, -0.2) is 13.1 Å². The van der Waals surface area contributed by atoms with E-state index in [0.29, 0.717) is 22.6 Å². The highest BCUT2D eigenvalue weighted by Gasteiger charge is 2.26. The first-order chi connectivity index (χ1) is 11.9. The Morgan fingerprint density at radius 2 is 2.00 bits per heavy atom. The molecular weight excluding hydrogens is 380 g/mol. The van der Waals surface area contributed by atoms with Crippen LogP contribution in [0.3, 0.4) is 0 Å². The number of nitrogens with zero attached hydrogens (tertiary/aromatic N) is 3. The number of hydrogen-bond donors (Lipinski definition) is 1. The van der Waals surface area contributed by atoms with Gasteiger partial charge in [0.25, 0.3) is 0 Å². The van der Waals surface area contributed by atoms with Crippen molar-refractivity contribution in [3.8, 4) is 0 Å². The van der Waals surface area contributed by atoms with Crippen LogP contribution in [0.15, 0.2) is 34.3 Å². The molecule has 3 rings (SSSR count). The smallest absolute Gasteiger partial charge is 0.241 e. The minimum Gasteiger partial charge on any atom is -0.305 e. The van der Waals surface area contributed by atoms with Crippen molar-refractivity contribution in [3.05, 3.63) is 35.1 Å². The lowest BCUT2D eigenvalue weighted by molar-refractivity contribution is 0.516. The molecule has 1 atom stereocenters. The third-order valence-corrected chi connectivity index (χ3v) is 7.36. The molecule has 0 bridgehead atoms. The summed E-state index contributed by atoms with van der Waals surface area (Å²) in [5.74, 6) is 0.627. The summed E-state index contributed by atoms with van der Waals surface area (Å²) in [6.07, 6.45) is 3.67. The fourth-order valence-corrected chi connectivity index (χ4v) is 5.24. The van der Waals surface area contributed by atoms with Crippen LogP contribution in [0.25, 0.3) is 0 Å². The van der Waals surface area contributed by atoms with Crippen LogP contribution in [0.2, 0.25) is 5.02 Å². The third kappa shape index (κ3) is 4.19. The maximum atomic E-state index is 12.6. The average Bonchev–Trinajstić information content (AvgIpc) is 2.93.